The van der Waals surface area contributed by atoms with Gasteiger partial charge in [-0.1, -0.05) is 0 Å². The molecule has 0 spiro atoms. The van der Waals surface area contributed by atoms with Crippen molar-refractivity contribution in [1.29, 1.82) is 5.26 Å². The summed E-state index contributed by atoms with van der Waals surface area (Å²) in [6, 6.07) is 12.7. The molecule has 2 aromatic rings. The fourth-order valence-corrected chi connectivity index (χ4v) is 4.44. The van der Waals surface area contributed by atoms with Crippen LogP contribution in [0.25, 0.3) is 0 Å². The quantitative estimate of drug-likeness (QED) is 0.707. The van der Waals surface area contributed by atoms with Crippen LogP contribution in [0.4, 0.5) is 5.69 Å². The number of carbonyl (C=O) groups excluding carboxylic acids is 1. The largest absolute Gasteiger partial charge is 0.495 e. The van der Waals surface area contributed by atoms with Gasteiger partial charge in [0.05, 0.1) is 32.0 Å². The molecule has 0 atom stereocenters. The Bertz CT molecular complexity index is 1040. The van der Waals surface area contributed by atoms with Crippen LogP contribution in [0.1, 0.15) is 5.56 Å². The molecule has 10 heteroatoms. The maximum Gasteiger partial charge on any atom is 0.262 e. The number of methoxy groups -OCH3 is 1. The highest BCUT2D eigenvalue weighted by molar-refractivity contribution is 7.89. The first-order valence-electron chi connectivity index (χ1n) is 9.13. The van der Waals surface area contributed by atoms with Crippen LogP contribution in [0.2, 0.25) is 0 Å². The molecule has 0 saturated carbocycles. The molecule has 158 valence electrons. The van der Waals surface area contributed by atoms with Crippen LogP contribution < -0.4 is 14.8 Å². The second-order valence-electron chi connectivity index (χ2n) is 6.36. The van der Waals surface area contributed by atoms with E-state index < -0.39 is 15.9 Å². The topological polar surface area (TPSA) is 118 Å². The zero-order valence-corrected chi connectivity index (χ0v) is 17.1. The number of rotatable bonds is 7. The second kappa shape index (κ2) is 9.58. The SMILES string of the molecule is COc1ccc(NC(=O)COc2ccc(C#N)cc2)cc1S(=O)(=O)N1CCOCC1. The van der Waals surface area contributed by atoms with Gasteiger partial charge in [0.1, 0.15) is 16.4 Å². The van der Waals surface area contributed by atoms with E-state index in [4.69, 9.17) is 19.5 Å². The summed E-state index contributed by atoms with van der Waals surface area (Å²) in [6.45, 7) is 0.875. The number of hydrogen-bond donors (Lipinski definition) is 1. The van der Waals surface area contributed by atoms with Crippen molar-refractivity contribution in [2.45, 2.75) is 4.90 Å². The minimum Gasteiger partial charge on any atom is -0.495 e. The number of carbonyl (C=O) groups is 1. The number of hydrogen-bond acceptors (Lipinski definition) is 7. The number of anilines is 1. The van der Waals surface area contributed by atoms with E-state index in [9.17, 15) is 13.2 Å². The number of ether oxygens (including phenoxy) is 3. The molecule has 0 radical (unpaired) electrons. The van der Waals surface area contributed by atoms with E-state index in [1.807, 2.05) is 6.07 Å². The number of nitrogens with one attached hydrogen (secondary N) is 1. The average Bonchev–Trinajstić information content (AvgIpc) is 2.78. The monoisotopic (exact) mass is 431 g/mol. The molecule has 0 aliphatic carbocycles. The number of nitriles is 1. The first-order chi connectivity index (χ1) is 14.4. The van der Waals surface area contributed by atoms with E-state index in [1.165, 1.54) is 23.5 Å². The lowest BCUT2D eigenvalue weighted by molar-refractivity contribution is -0.118. The van der Waals surface area contributed by atoms with Gasteiger partial charge in [-0.05, 0) is 42.5 Å². The third-order valence-electron chi connectivity index (χ3n) is 4.39. The van der Waals surface area contributed by atoms with Crippen LogP contribution in [-0.2, 0) is 19.6 Å². The van der Waals surface area contributed by atoms with Crippen molar-refractivity contribution in [2.24, 2.45) is 0 Å². The number of sulfonamides is 1. The number of nitrogens with zero attached hydrogens (tertiary/aromatic N) is 2. The lowest BCUT2D eigenvalue weighted by atomic mass is 10.2. The molecule has 1 N–H and O–H groups in total. The molecular weight excluding hydrogens is 410 g/mol. The Hall–Kier alpha value is -3.13. The van der Waals surface area contributed by atoms with Gasteiger partial charge in [-0.3, -0.25) is 4.79 Å². The molecule has 1 saturated heterocycles. The summed E-state index contributed by atoms with van der Waals surface area (Å²) in [4.78, 5) is 12.2. The standard InChI is InChI=1S/C20H21N3O6S/c1-27-18-7-4-16(12-19(18)30(25,26)23-8-10-28-11-9-23)22-20(24)14-29-17-5-2-15(13-21)3-6-17/h2-7,12H,8-11,14H2,1H3,(H,22,24). The van der Waals surface area contributed by atoms with E-state index in [0.29, 0.717) is 30.2 Å². The van der Waals surface area contributed by atoms with Crippen molar-refractivity contribution in [1.82, 2.24) is 4.31 Å². The molecule has 1 fully saturated rings. The molecular formula is C20H21N3O6S. The Labute approximate surface area is 174 Å². The molecule has 0 bridgehead atoms. The van der Waals surface area contributed by atoms with Crippen molar-refractivity contribution >= 4 is 21.6 Å². The van der Waals surface area contributed by atoms with E-state index in [-0.39, 0.29) is 30.3 Å². The highest BCUT2D eigenvalue weighted by Crippen LogP contribution is 2.30. The predicted molar refractivity (Wildman–Crippen MR) is 108 cm³/mol. The zero-order valence-electron chi connectivity index (χ0n) is 16.3. The number of morpholine rings is 1. The van der Waals surface area contributed by atoms with Gasteiger partial charge in [0, 0.05) is 18.8 Å². The molecule has 3 rings (SSSR count). The average molecular weight is 431 g/mol. The smallest absolute Gasteiger partial charge is 0.262 e. The minimum atomic E-state index is -3.81. The van der Waals surface area contributed by atoms with Crippen LogP contribution in [0.5, 0.6) is 11.5 Å². The summed E-state index contributed by atoms with van der Waals surface area (Å²) in [6.07, 6.45) is 0. The second-order valence-corrected chi connectivity index (χ2v) is 8.26. The van der Waals surface area contributed by atoms with Gasteiger partial charge in [-0.25, -0.2) is 8.42 Å². The minimum absolute atomic E-state index is 0.0299. The van der Waals surface area contributed by atoms with Gasteiger partial charge in [0.15, 0.2) is 6.61 Å². The summed E-state index contributed by atoms with van der Waals surface area (Å²) < 4.78 is 43.1. The van der Waals surface area contributed by atoms with Crippen molar-refractivity contribution in [3.05, 3.63) is 48.0 Å². The summed E-state index contributed by atoms with van der Waals surface area (Å²) in [5.41, 5.74) is 0.787. The third kappa shape index (κ3) is 5.07. The highest BCUT2D eigenvalue weighted by atomic mass is 32.2. The molecule has 0 unspecified atom stereocenters. The summed E-state index contributed by atoms with van der Waals surface area (Å²) in [5, 5.41) is 11.4. The van der Waals surface area contributed by atoms with Crippen molar-refractivity contribution in [3.8, 4) is 17.6 Å². The fraction of sp³-hybridized carbons (Fsp3) is 0.300. The molecule has 30 heavy (non-hydrogen) atoms. The van der Waals surface area contributed by atoms with Gasteiger partial charge in [-0.15, -0.1) is 0 Å². The van der Waals surface area contributed by atoms with Crippen molar-refractivity contribution in [2.75, 3.05) is 45.3 Å². The molecule has 0 aromatic heterocycles. The van der Waals surface area contributed by atoms with Crippen molar-refractivity contribution < 1.29 is 27.4 Å². The van der Waals surface area contributed by atoms with Gasteiger partial charge in [-0.2, -0.15) is 9.57 Å². The molecule has 1 aliphatic heterocycles. The predicted octanol–water partition coefficient (Wildman–Crippen LogP) is 1.61. The summed E-state index contributed by atoms with van der Waals surface area (Å²) in [7, 11) is -2.42. The zero-order chi connectivity index (χ0) is 21.6. The van der Waals surface area contributed by atoms with Gasteiger partial charge < -0.3 is 19.5 Å². The van der Waals surface area contributed by atoms with E-state index >= 15 is 0 Å². The van der Waals surface area contributed by atoms with Crippen LogP contribution in [0.15, 0.2) is 47.4 Å². The Kier molecular flexibility index (Phi) is 6.89. The molecule has 2 aromatic carbocycles. The van der Waals surface area contributed by atoms with Gasteiger partial charge >= 0.3 is 0 Å². The number of benzene rings is 2. The summed E-state index contributed by atoms with van der Waals surface area (Å²) >= 11 is 0. The Morgan fingerprint density at radius 1 is 1.20 bits per heavy atom. The Morgan fingerprint density at radius 3 is 2.53 bits per heavy atom. The Morgan fingerprint density at radius 2 is 1.90 bits per heavy atom. The van der Waals surface area contributed by atoms with E-state index in [1.54, 1.807) is 30.3 Å². The molecule has 1 heterocycles. The molecule has 1 aliphatic rings. The van der Waals surface area contributed by atoms with Crippen molar-refractivity contribution in [3.63, 3.8) is 0 Å². The molecule has 1 amide bonds. The normalized spacial score (nSPS) is 14.5. The first-order valence-corrected chi connectivity index (χ1v) is 10.6. The van der Waals surface area contributed by atoms with Crippen LogP contribution >= 0.6 is 0 Å². The Balaban J connectivity index is 1.70. The number of amides is 1. The molecule has 9 nitrogen and oxygen atoms in total. The first kappa shape index (κ1) is 21.6. The van der Waals surface area contributed by atoms with Gasteiger partial charge in [0.25, 0.3) is 5.91 Å². The lowest BCUT2D eigenvalue weighted by Crippen LogP contribution is -2.40. The van der Waals surface area contributed by atoms with Crippen LogP contribution in [0.3, 0.4) is 0 Å². The van der Waals surface area contributed by atoms with E-state index in [0.717, 1.165) is 0 Å². The van der Waals surface area contributed by atoms with Crippen LogP contribution in [0, 0.1) is 11.3 Å². The van der Waals surface area contributed by atoms with E-state index in [2.05, 4.69) is 5.32 Å². The van der Waals surface area contributed by atoms with Gasteiger partial charge in [0.2, 0.25) is 10.0 Å². The fourth-order valence-electron chi connectivity index (χ4n) is 2.85. The maximum atomic E-state index is 13.0. The third-order valence-corrected chi connectivity index (χ3v) is 6.31. The lowest BCUT2D eigenvalue weighted by Gasteiger charge is -2.26. The highest BCUT2D eigenvalue weighted by Gasteiger charge is 2.29. The maximum absolute atomic E-state index is 13.0. The summed E-state index contributed by atoms with van der Waals surface area (Å²) in [5.74, 6) is 0.169. The van der Waals surface area contributed by atoms with Crippen LogP contribution in [-0.4, -0.2) is 58.7 Å².